The second kappa shape index (κ2) is 2.30. The van der Waals surface area contributed by atoms with Crippen LogP contribution in [-0.4, -0.2) is 17.0 Å². The Morgan fingerprint density at radius 2 is 2.00 bits per heavy atom. The molecule has 4 heteroatoms. The van der Waals surface area contributed by atoms with Crippen LogP contribution in [0, 0.1) is 5.92 Å². The first-order valence-corrected chi connectivity index (χ1v) is 2.08. The van der Waals surface area contributed by atoms with Gasteiger partial charge in [-0.15, -0.1) is 0 Å². The highest BCUT2D eigenvalue weighted by Gasteiger charge is 2.15. The van der Waals surface area contributed by atoms with E-state index < -0.39 is 17.8 Å². The van der Waals surface area contributed by atoms with Gasteiger partial charge in [0, 0.05) is 0 Å². The van der Waals surface area contributed by atoms with E-state index in [2.05, 4.69) is 5.73 Å². The second-order valence-corrected chi connectivity index (χ2v) is 1.46. The summed E-state index contributed by atoms with van der Waals surface area (Å²) in [6, 6.07) is 0. The summed E-state index contributed by atoms with van der Waals surface area (Å²) in [6.45, 7) is 1.24. The molecule has 0 saturated carbocycles. The fraction of sp³-hybridized carbons (Fsp3) is 0.500. The number of hydrogen-bond donors (Lipinski definition) is 2. The minimum Gasteiger partial charge on any atom is -0.481 e. The first kappa shape index (κ1) is 6.94. The number of amides is 1. The largest absolute Gasteiger partial charge is 0.481 e. The van der Waals surface area contributed by atoms with E-state index in [-0.39, 0.29) is 0 Å². The van der Waals surface area contributed by atoms with Crippen molar-refractivity contribution >= 4 is 11.9 Å². The lowest BCUT2D eigenvalue weighted by Crippen LogP contribution is -2.27. The van der Waals surface area contributed by atoms with Crippen LogP contribution in [0.5, 0.6) is 0 Å². The summed E-state index contributed by atoms with van der Waals surface area (Å²) in [7, 11) is 0. The predicted octanol–water partition coefficient (Wildman–Crippen LogP) is -0.808. The monoisotopic (exact) mass is 117 g/mol. The van der Waals surface area contributed by atoms with Gasteiger partial charge >= 0.3 is 5.97 Å². The number of carbonyl (C=O) groups is 2. The van der Waals surface area contributed by atoms with Gasteiger partial charge in [0.15, 0.2) is 0 Å². The first-order valence-electron chi connectivity index (χ1n) is 2.08. The molecule has 8 heavy (non-hydrogen) atoms. The Morgan fingerprint density at radius 3 is 2.00 bits per heavy atom. The Kier molecular flexibility index (Phi) is 1.99. The molecule has 0 bridgehead atoms. The molecule has 0 heterocycles. The fourth-order valence-corrected chi connectivity index (χ4v) is 0.122. The number of primary amides is 1. The first-order chi connectivity index (χ1) is 3.55. The summed E-state index contributed by atoms with van der Waals surface area (Å²) in [5.41, 5.74) is 4.62. The molecule has 0 aromatic rings. The molecule has 0 spiro atoms. The van der Waals surface area contributed by atoms with Crippen LogP contribution in [0.4, 0.5) is 0 Å². The molecule has 3 N–H and O–H groups in total. The molecule has 0 unspecified atom stereocenters. The molecule has 0 rings (SSSR count). The van der Waals surface area contributed by atoms with Crippen molar-refractivity contribution in [3.63, 3.8) is 0 Å². The van der Waals surface area contributed by atoms with E-state index in [9.17, 15) is 9.59 Å². The zero-order valence-electron chi connectivity index (χ0n) is 4.42. The molecule has 1 atom stereocenters. The number of aliphatic carboxylic acids is 1. The topological polar surface area (TPSA) is 80.4 Å². The molecule has 0 aliphatic rings. The van der Waals surface area contributed by atoms with Crippen LogP contribution in [0.15, 0.2) is 0 Å². The van der Waals surface area contributed by atoms with Crippen molar-refractivity contribution in [3.8, 4) is 0 Å². The number of rotatable bonds is 2. The van der Waals surface area contributed by atoms with Crippen LogP contribution in [0.3, 0.4) is 0 Å². The Morgan fingerprint density at radius 1 is 1.62 bits per heavy atom. The van der Waals surface area contributed by atoms with Crippen LogP contribution in [-0.2, 0) is 9.59 Å². The van der Waals surface area contributed by atoms with E-state index >= 15 is 0 Å². The SMILES string of the molecule is C[C@H](C(N)=O)C(=O)O. The van der Waals surface area contributed by atoms with Gasteiger partial charge in [0.2, 0.25) is 5.91 Å². The van der Waals surface area contributed by atoms with Gasteiger partial charge in [-0.3, -0.25) is 9.59 Å². The summed E-state index contributed by atoms with van der Waals surface area (Å²) in [4.78, 5) is 19.8. The molecule has 0 aromatic heterocycles. The van der Waals surface area contributed by atoms with Crippen LogP contribution < -0.4 is 5.73 Å². The van der Waals surface area contributed by atoms with E-state index in [0.717, 1.165) is 0 Å². The van der Waals surface area contributed by atoms with Crippen molar-refractivity contribution in [1.29, 1.82) is 0 Å². The van der Waals surface area contributed by atoms with E-state index in [1.807, 2.05) is 0 Å². The summed E-state index contributed by atoms with van der Waals surface area (Å²) in [5.74, 6) is -3.06. The summed E-state index contributed by atoms with van der Waals surface area (Å²) >= 11 is 0. The Bertz CT molecular complexity index is 106. The Balaban J connectivity index is 3.83. The maximum atomic E-state index is 9.98. The van der Waals surface area contributed by atoms with Crippen molar-refractivity contribution < 1.29 is 14.7 Å². The van der Waals surface area contributed by atoms with E-state index in [1.165, 1.54) is 6.92 Å². The third-order valence-electron chi connectivity index (χ3n) is 0.797. The molecule has 0 aromatic carbocycles. The molecule has 4 nitrogen and oxygen atoms in total. The van der Waals surface area contributed by atoms with Gasteiger partial charge in [0.1, 0.15) is 5.92 Å². The van der Waals surface area contributed by atoms with E-state index in [0.29, 0.717) is 0 Å². The van der Waals surface area contributed by atoms with Crippen molar-refractivity contribution in [2.75, 3.05) is 0 Å². The lowest BCUT2D eigenvalue weighted by Gasteiger charge is -1.95. The van der Waals surface area contributed by atoms with Gasteiger partial charge in [-0.25, -0.2) is 0 Å². The molecule has 0 radical (unpaired) electrons. The third kappa shape index (κ3) is 1.59. The van der Waals surface area contributed by atoms with E-state index in [4.69, 9.17) is 5.11 Å². The van der Waals surface area contributed by atoms with Gasteiger partial charge in [-0.05, 0) is 6.92 Å². The van der Waals surface area contributed by atoms with Gasteiger partial charge in [0.05, 0.1) is 0 Å². The maximum Gasteiger partial charge on any atom is 0.315 e. The number of nitrogens with two attached hydrogens (primary N) is 1. The van der Waals surface area contributed by atoms with Crippen LogP contribution in [0.2, 0.25) is 0 Å². The van der Waals surface area contributed by atoms with Crippen LogP contribution in [0.1, 0.15) is 6.92 Å². The van der Waals surface area contributed by atoms with Crippen LogP contribution >= 0.6 is 0 Å². The van der Waals surface area contributed by atoms with Gasteiger partial charge < -0.3 is 10.8 Å². The second-order valence-electron chi connectivity index (χ2n) is 1.46. The molecule has 0 aliphatic carbocycles. The summed E-state index contributed by atoms with van der Waals surface area (Å²) < 4.78 is 0. The fourth-order valence-electron chi connectivity index (χ4n) is 0.122. The average molecular weight is 117 g/mol. The lowest BCUT2D eigenvalue weighted by atomic mass is 10.2. The molecule has 0 aliphatic heterocycles. The van der Waals surface area contributed by atoms with Gasteiger partial charge in [-0.1, -0.05) is 0 Å². The highest BCUT2D eigenvalue weighted by atomic mass is 16.4. The molecular weight excluding hydrogens is 110 g/mol. The smallest absolute Gasteiger partial charge is 0.315 e. The standard InChI is InChI=1S/C4H7NO3/c1-2(3(5)6)4(7)8/h2H,1H3,(H2,5,6)(H,7,8)/t2-/m1/s1. The number of carboxylic acid groups (broad SMARTS) is 1. The van der Waals surface area contributed by atoms with Crippen molar-refractivity contribution in [3.05, 3.63) is 0 Å². The zero-order valence-corrected chi connectivity index (χ0v) is 4.42. The number of hydrogen-bond acceptors (Lipinski definition) is 2. The minimum absolute atomic E-state index is 0.808. The van der Waals surface area contributed by atoms with E-state index in [1.54, 1.807) is 0 Å². The number of carbonyl (C=O) groups excluding carboxylic acids is 1. The third-order valence-corrected chi connectivity index (χ3v) is 0.797. The maximum absolute atomic E-state index is 9.98. The molecule has 46 valence electrons. The lowest BCUT2D eigenvalue weighted by molar-refractivity contribution is -0.145. The van der Waals surface area contributed by atoms with Crippen molar-refractivity contribution in [2.45, 2.75) is 6.92 Å². The quantitative estimate of drug-likeness (QED) is 0.464. The van der Waals surface area contributed by atoms with Crippen molar-refractivity contribution in [1.82, 2.24) is 0 Å². The highest BCUT2D eigenvalue weighted by Crippen LogP contribution is 1.89. The summed E-state index contributed by atoms with van der Waals surface area (Å²) in [5, 5.41) is 8.05. The number of carboxylic acids is 1. The van der Waals surface area contributed by atoms with Crippen LogP contribution in [0.25, 0.3) is 0 Å². The Hall–Kier alpha value is -1.06. The molecule has 1 amide bonds. The minimum atomic E-state index is -1.18. The molecular formula is C4H7NO3. The van der Waals surface area contributed by atoms with Crippen molar-refractivity contribution in [2.24, 2.45) is 11.7 Å². The highest BCUT2D eigenvalue weighted by molar-refractivity contribution is 5.95. The zero-order chi connectivity index (χ0) is 6.73. The average Bonchev–Trinajstić information content (AvgIpc) is 1.64. The predicted molar refractivity (Wildman–Crippen MR) is 26.0 cm³/mol. The Labute approximate surface area is 46.3 Å². The van der Waals surface area contributed by atoms with Gasteiger partial charge in [0.25, 0.3) is 0 Å². The van der Waals surface area contributed by atoms with Gasteiger partial charge in [-0.2, -0.15) is 0 Å². The molecule has 0 fully saturated rings. The summed E-state index contributed by atoms with van der Waals surface area (Å²) in [6.07, 6.45) is 0. The molecule has 0 saturated heterocycles. The normalized spacial score (nSPS) is 12.6.